The molecule has 2 aromatic rings. The summed E-state index contributed by atoms with van der Waals surface area (Å²) in [5.41, 5.74) is -0.687. The maximum Gasteiger partial charge on any atom is 0.319 e. The second-order valence-electron chi connectivity index (χ2n) is 4.78. The first kappa shape index (κ1) is 18.8. The molecule has 0 aliphatic heterocycles. The zero-order chi connectivity index (χ0) is 18.4. The van der Waals surface area contributed by atoms with Gasteiger partial charge in [0.1, 0.15) is 22.4 Å². The van der Waals surface area contributed by atoms with Gasteiger partial charge in [0.05, 0.1) is 13.7 Å². The highest BCUT2D eigenvalue weighted by Crippen LogP contribution is 2.25. The van der Waals surface area contributed by atoms with E-state index in [0.29, 0.717) is 6.42 Å². The van der Waals surface area contributed by atoms with E-state index in [4.69, 9.17) is 4.42 Å². The van der Waals surface area contributed by atoms with Gasteiger partial charge in [0.2, 0.25) is 5.89 Å². The van der Waals surface area contributed by atoms with Gasteiger partial charge in [-0.2, -0.15) is 0 Å². The molecule has 7 nitrogen and oxygen atoms in total. The lowest BCUT2D eigenvalue weighted by atomic mass is 10.2. The Balaban J connectivity index is 1.97. The van der Waals surface area contributed by atoms with Crippen LogP contribution in [-0.2, 0) is 16.1 Å². The maximum atomic E-state index is 13.5. The molecule has 1 aromatic carbocycles. The quantitative estimate of drug-likeness (QED) is 0.589. The van der Waals surface area contributed by atoms with E-state index in [1.54, 1.807) is 6.92 Å². The predicted molar refractivity (Wildman–Crippen MR) is 83.8 cm³/mol. The number of nitrogens with zero attached hydrogens (tertiary/aromatic N) is 2. The number of benzene rings is 1. The molecule has 0 fully saturated rings. The van der Waals surface area contributed by atoms with Crippen LogP contribution in [0.25, 0.3) is 0 Å². The number of carbonyl (C=O) groups excluding carboxylic acids is 2. The van der Waals surface area contributed by atoms with Gasteiger partial charge in [-0.15, -0.1) is 10.2 Å². The van der Waals surface area contributed by atoms with Crippen molar-refractivity contribution < 1.29 is 27.5 Å². The summed E-state index contributed by atoms with van der Waals surface area (Å²) in [4.78, 5) is 23.4. The fraction of sp³-hybridized carbons (Fsp3) is 0.333. The molecule has 10 heteroatoms. The van der Waals surface area contributed by atoms with Crippen LogP contribution in [0.2, 0.25) is 0 Å². The summed E-state index contributed by atoms with van der Waals surface area (Å²) >= 11 is 1.03. The summed E-state index contributed by atoms with van der Waals surface area (Å²) in [6, 6.07) is 3.13. The lowest BCUT2D eigenvalue weighted by molar-refractivity contribution is -0.140. The van der Waals surface area contributed by atoms with Crippen molar-refractivity contribution >= 4 is 23.6 Å². The van der Waals surface area contributed by atoms with Crippen molar-refractivity contribution in [2.75, 3.05) is 7.11 Å². The number of carbonyl (C=O) groups is 2. The molecule has 0 aliphatic rings. The highest BCUT2D eigenvalue weighted by atomic mass is 32.2. The number of hydrogen-bond donors (Lipinski definition) is 1. The topological polar surface area (TPSA) is 94.3 Å². The molecule has 0 radical (unpaired) electrons. The van der Waals surface area contributed by atoms with E-state index < -0.39 is 34.3 Å². The molecule has 1 aromatic heterocycles. The van der Waals surface area contributed by atoms with Crippen LogP contribution in [0.3, 0.4) is 0 Å². The number of hydrogen-bond acceptors (Lipinski definition) is 7. The van der Waals surface area contributed by atoms with E-state index in [1.807, 2.05) is 0 Å². The van der Waals surface area contributed by atoms with Gasteiger partial charge in [0, 0.05) is 0 Å². The van der Waals surface area contributed by atoms with Crippen molar-refractivity contribution in [2.45, 2.75) is 30.4 Å². The zero-order valence-electron chi connectivity index (χ0n) is 13.4. The Kier molecular flexibility index (Phi) is 6.45. The molecule has 0 bridgehead atoms. The molecule has 0 saturated carbocycles. The van der Waals surface area contributed by atoms with Crippen LogP contribution in [0, 0.1) is 11.6 Å². The smallest absolute Gasteiger partial charge is 0.319 e. The van der Waals surface area contributed by atoms with E-state index in [-0.39, 0.29) is 17.7 Å². The van der Waals surface area contributed by atoms with Crippen LogP contribution in [0.15, 0.2) is 27.8 Å². The molecular weight excluding hydrogens is 356 g/mol. The van der Waals surface area contributed by atoms with Gasteiger partial charge < -0.3 is 14.5 Å². The molecule has 1 heterocycles. The summed E-state index contributed by atoms with van der Waals surface area (Å²) in [5, 5.41) is 9.37. The van der Waals surface area contributed by atoms with E-state index in [1.165, 1.54) is 7.11 Å². The third-order valence-electron chi connectivity index (χ3n) is 3.12. The molecule has 0 aliphatic carbocycles. The summed E-state index contributed by atoms with van der Waals surface area (Å²) in [7, 11) is 1.28. The summed E-state index contributed by atoms with van der Waals surface area (Å²) in [5.74, 6) is -3.27. The zero-order valence-corrected chi connectivity index (χ0v) is 14.2. The first-order valence-electron chi connectivity index (χ1n) is 7.25. The van der Waals surface area contributed by atoms with Crippen molar-refractivity contribution in [3.63, 3.8) is 0 Å². The predicted octanol–water partition coefficient (Wildman–Crippen LogP) is 2.32. The number of thioether (sulfide) groups is 1. The third kappa shape index (κ3) is 4.75. The third-order valence-corrected chi connectivity index (χ3v) is 4.29. The SMILES string of the molecule is CC[C@H](Sc1nnc(CNC(=O)c2c(F)cccc2F)o1)C(=O)OC. The minimum atomic E-state index is -0.969. The molecule has 25 heavy (non-hydrogen) atoms. The van der Waals surface area contributed by atoms with Gasteiger partial charge in [-0.1, -0.05) is 24.8 Å². The van der Waals surface area contributed by atoms with Gasteiger partial charge in [0.25, 0.3) is 11.1 Å². The van der Waals surface area contributed by atoms with Crippen molar-refractivity contribution in [3.8, 4) is 0 Å². The average Bonchev–Trinajstić information content (AvgIpc) is 3.04. The highest BCUT2D eigenvalue weighted by Gasteiger charge is 2.22. The van der Waals surface area contributed by atoms with E-state index in [9.17, 15) is 18.4 Å². The van der Waals surface area contributed by atoms with Crippen LogP contribution in [0.1, 0.15) is 29.6 Å². The van der Waals surface area contributed by atoms with Crippen LogP contribution >= 0.6 is 11.8 Å². The van der Waals surface area contributed by atoms with Gasteiger partial charge in [0.15, 0.2) is 0 Å². The van der Waals surface area contributed by atoms with E-state index in [0.717, 1.165) is 30.0 Å². The number of aromatic nitrogens is 2. The number of esters is 1. The Morgan fingerprint density at radius 2 is 2.00 bits per heavy atom. The molecule has 1 N–H and O–H groups in total. The fourth-order valence-electron chi connectivity index (χ4n) is 1.87. The van der Waals surface area contributed by atoms with Crippen molar-refractivity contribution in [1.29, 1.82) is 0 Å². The van der Waals surface area contributed by atoms with Crippen molar-refractivity contribution in [1.82, 2.24) is 15.5 Å². The molecule has 0 saturated heterocycles. The summed E-state index contributed by atoms with van der Waals surface area (Å²) < 4.78 is 37.0. The number of halogens is 2. The van der Waals surface area contributed by atoms with Crippen molar-refractivity contribution in [2.24, 2.45) is 0 Å². The molecule has 2 rings (SSSR count). The first-order chi connectivity index (χ1) is 12.0. The van der Waals surface area contributed by atoms with Crippen LogP contribution in [-0.4, -0.2) is 34.4 Å². The van der Waals surface area contributed by atoms with Gasteiger partial charge in [-0.05, 0) is 18.6 Å². The van der Waals surface area contributed by atoms with Gasteiger partial charge >= 0.3 is 5.97 Å². The van der Waals surface area contributed by atoms with Crippen molar-refractivity contribution in [3.05, 3.63) is 41.3 Å². The minimum Gasteiger partial charge on any atom is -0.468 e. The summed E-state index contributed by atoms with van der Waals surface area (Å²) in [6.45, 7) is 1.59. The Morgan fingerprint density at radius 3 is 2.60 bits per heavy atom. The molecule has 134 valence electrons. The van der Waals surface area contributed by atoms with Crippen LogP contribution < -0.4 is 5.32 Å². The standard InChI is InChI=1S/C15H15F2N3O4S/c1-3-10(14(22)23-2)25-15-20-19-11(24-15)7-18-13(21)12-8(16)5-4-6-9(12)17/h4-6,10H,3,7H2,1-2H3,(H,18,21)/t10-/m0/s1. The highest BCUT2D eigenvalue weighted by molar-refractivity contribution is 8.00. The number of nitrogens with one attached hydrogen (secondary N) is 1. The van der Waals surface area contributed by atoms with E-state index >= 15 is 0 Å². The maximum absolute atomic E-state index is 13.5. The number of ether oxygens (including phenoxy) is 1. The monoisotopic (exact) mass is 371 g/mol. The van der Waals surface area contributed by atoms with E-state index in [2.05, 4.69) is 20.3 Å². The Labute approximate surface area is 146 Å². The number of rotatable bonds is 7. The Morgan fingerprint density at radius 1 is 1.32 bits per heavy atom. The molecule has 1 amide bonds. The van der Waals surface area contributed by atoms with Crippen LogP contribution in [0.4, 0.5) is 8.78 Å². The number of amides is 1. The van der Waals surface area contributed by atoms with Gasteiger partial charge in [-0.25, -0.2) is 8.78 Å². The molecule has 0 spiro atoms. The second kappa shape index (κ2) is 8.56. The Bertz CT molecular complexity index is 749. The minimum absolute atomic E-state index is 0.0346. The lowest BCUT2D eigenvalue weighted by Crippen LogP contribution is -2.25. The number of methoxy groups -OCH3 is 1. The molecular formula is C15H15F2N3O4S. The normalized spacial score (nSPS) is 11.8. The Hall–Kier alpha value is -2.49. The largest absolute Gasteiger partial charge is 0.468 e. The second-order valence-corrected chi connectivity index (χ2v) is 5.93. The first-order valence-corrected chi connectivity index (χ1v) is 8.13. The molecule has 1 atom stereocenters. The van der Waals surface area contributed by atoms with Crippen LogP contribution in [0.5, 0.6) is 0 Å². The lowest BCUT2D eigenvalue weighted by Gasteiger charge is -2.08. The molecule has 0 unspecified atom stereocenters. The fourth-order valence-corrected chi connectivity index (χ4v) is 2.70. The summed E-state index contributed by atoms with van der Waals surface area (Å²) in [6.07, 6.45) is 0.498. The average molecular weight is 371 g/mol. The van der Waals surface area contributed by atoms with Gasteiger partial charge in [-0.3, -0.25) is 9.59 Å².